The Balaban J connectivity index is 1.77. The molecule has 2 N–H and O–H groups in total. The van der Waals surface area contributed by atoms with E-state index in [1.54, 1.807) is 12.1 Å². The number of aromatic carboxylic acids is 1. The monoisotopic (exact) mass is 263 g/mol. The van der Waals surface area contributed by atoms with Crippen molar-refractivity contribution in [1.82, 2.24) is 15.2 Å². The Bertz CT molecular complexity index is 419. The van der Waals surface area contributed by atoms with Crippen molar-refractivity contribution in [3.63, 3.8) is 0 Å². The van der Waals surface area contributed by atoms with Crippen molar-refractivity contribution >= 4 is 5.97 Å². The van der Waals surface area contributed by atoms with Crippen LogP contribution in [-0.4, -0.2) is 47.1 Å². The van der Waals surface area contributed by atoms with E-state index >= 15 is 0 Å². The fourth-order valence-corrected chi connectivity index (χ4v) is 2.42. The minimum absolute atomic E-state index is 0.232. The second kappa shape index (κ2) is 6.63. The highest BCUT2D eigenvalue weighted by Crippen LogP contribution is 2.14. The van der Waals surface area contributed by atoms with Crippen LogP contribution in [0.1, 0.15) is 35.3 Å². The van der Waals surface area contributed by atoms with E-state index in [4.69, 9.17) is 5.11 Å². The van der Waals surface area contributed by atoms with E-state index < -0.39 is 5.97 Å². The zero-order valence-corrected chi connectivity index (χ0v) is 11.3. The number of nitrogens with one attached hydrogen (secondary N) is 1. The summed E-state index contributed by atoms with van der Waals surface area (Å²) in [5.74, 6) is -0.934. The standard InChI is InChI=1S/C14H21N3O2/c1-17-7-3-2-4-13(17)10-15-9-12-6-5-11(8-16-12)14(18)19/h5-6,8,13,15H,2-4,7,9-10H2,1H3,(H,18,19). The quantitative estimate of drug-likeness (QED) is 0.839. The van der Waals surface area contributed by atoms with E-state index in [0.29, 0.717) is 12.6 Å². The Morgan fingerprint density at radius 3 is 3.00 bits per heavy atom. The lowest BCUT2D eigenvalue weighted by Crippen LogP contribution is -2.42. The molecular formula is C14H21N3O2. The van der Waals surface area contributed by atoms with Gasteiger partial charge in [-0.05, 0) is 38.6 Å². The summed E-state index contributed by atoms with van der Waals surface area (Å²) in [6, 6.07) is 3.96. The molecule has 1 fully saturated rings. The fourth-order valence-electron chi connectivity index (χ4n) is 2.42. The molecule has 2 heterocycles. The van der Waals surface area contributed by atoms with Crippen molar-refractivity contribution < 1.29 is 9.90 Å². The maximum atomic E-state index is 10.7. The summed E-state index contributed by atoms with van der Waals surface area (Å²) in [6.07, 6.45) is 5.26. The van der Waals surface area contributed by atoms with Gasteiger partial charge in [-0.1, -0.05) is 6.42 Å². The molecule has 1 atom stereocenters. The van der Waals surface area contributed by atoms with Crippen LogP contribution in [-0.2, 0) is 6.54 Å². The van der Waals surface area contributed by atoms with Gasteiger partial charge >= 0.3 is 5.97 Å². The van der Waals surface area contributed by atoms with Crippen LogP contribution < -0.4 is 5.32 Å². The number of hydrogen-bond acceptors (Lipinski definition) is 4. The van der Waals surface area contributed by atoms with Gasteiger partial charge in [0.2, 0.25) is 0 Å². The van der Waals surface area contributed by atoms with Gasteiger partial charge in [0.05, 0.1) is 11.3 Å². The number of likely N-dealkylation sites (N-methyl/N-ethyl adjacent to an activating group) is 1. The molecule has 0 bridgehead atoms. The van der Waals surface area contributed by atoms with Gasteiger partial charge in [-0.3, -0.25) is 4.98 Å². The van der Waals surface area contributed by atoms with Crippen LogP contribution in [0.5, 0.6) is 0 Å². The molecule has 1 aliphatic heterocycles. The molecule has 0 saturated carbocycles. The number of nitrogens with zero attached hydrogens (tertiary/aromatic N) is 2. The van der Waals surface area contributed by atoms with Gasteiger partial charge in [-0.2, -0.15) is 0 Å². The lowest BCUT2D eigenvalue weighted by atomic mass is 10.0. The maximum absolute atomic E-state index is 10.7. The molecule has 0 aromatic carbocycles. The van der Waals surface area contributed by atoms with Gasteiger partial charge in [-0.15, -0.1) is 0 Å². The molecule has 1 unspecified atom stereocenters. The maximum Gasteiger partial charge on any atom is 0.337 e. The van der Waals surface area contributed by atoms with Crippen LogP contribution in [0.2, 0.25) is 0 Å². The number of carbonyl (C=O) groups is 1. The van der Waals surface area contributed by atoms with Crippen molar-refractivity contribution in [2.24, 2.45) is 0 Å². The minimum Gasteiger partial charge on any atom is -0.478 e. The first-order valence-electron chi connectivity index (χ1n) is 6.76. The molecule has 5 heteroatoms. The van der Waals surface area contributed by atoms with Crippen LogP contribution in [0.15, 0.2) is 18.3 Å². The van der Waals surface area contributed by atoms with Gasteiger partial charge in [0.1, 0.15) is 0 Å². The largest absolute Gasteiger partial charge is 0.478 e. The van der Waals surface area contributed by atoms with Crippen LogP contribution in [0.3, 0.4) is 0 Å². The van der Waals surface area contributed by atoms with Crippen molar-refractivity contribution in [3.8, 4) is 0 Å². The third-order valence-corrected chi connectivity index (χ3v) is 3.68. The molecule has 1 aliphatic rings. The summed E-state index contributed by atoms with van der Waals surface area (Å²) >= 11 is 0. The highest BCUT2D eigenvalue weighted by Gasteiger charge is 2.17. The number of carboxylic acid groups (broad SMARTS) is 1. The fraction of sp³-hybridized carbons (Fsp3) is 0.571. The molecule has 1 saturated heterocycles. The number of hydrogen-bond donors (Lipinski definition) is 2. The van der Waals surface area contributed by atoms with E-state index in [9.17, 15) is 4.79 Å². The predicted molar refractivity (Wildman–Crippen MR) is 73.2 cm³/mol. The average molecular weight is 263 g/mol. The van der Waals surface area contributed by atoms with Crippen LogP contribution in [0.25, 0.3) is 0 Å². The molecule has 0 amide bonds. The lowest BCUT2D eigenvalue weighted by Gasteiger charge is -2.32. The summed E-state index contributed by atoms with van der Waals surface area (Å²) in [6.45, 7) is 2.82. The predicted octanol–water partition coefficient (Wildman–Crippen LogP) is 1.35. The molecule has 19 heavy (non-hydrogen) atoms. The molecular weight excluding hydrogens is 242 g/mol. The molecule has 1 aromatic heterocycles. The Hall–Kier alpha value is -1.46. The number of carboxylic acids is 1. The first-order chi connectivity index (χ1) is 9.16. The van der Waals surface area contributed by atoms with Gasteiger partial charge in [0, 0.05) is 25.3 Å². The number of aromatic nitrogens is 1. The van der Waals surface area contributed by atoms with Gasteiger partial charge in [0.25, 0.3) is 0 Å². The number of rotatable bonds is 5. The van der Waals surface area contributed by atoms with Crippen LogP contribution >= 0.6 is 0 Å². The van der Waals surface area contributed by atoms with Crippen molar-refractivity contribution in [1.29, 1.82) is 0 Å². The smallest absolute Gasteiger partial charge is 0.337 e. The molecule has 5 nitrogen and oxygen atoms in total. The third kappa shape index (κ3) is 4.01. The average Bonchev–Trinajstić information content (AvgIpc) is 2.41. The van der Waals surface area contributed by atoms with E-state index in [1.165, 1.54) is 32.0 Å². The molecule has 0 radical (unpaired) electrons. The second-order valence-electron chi connectivity index (χ2n) is 5.10. The van der Waals surface area contributed by atoms with E-state index in [1.807, 2.05) is 0 Å². The summed E-state index contributed by atoms with van der Waals surface area (Å²) in [5, 5.41) is 12.2. The molecule has 0 aliphatic carbocycles. The highest BCUT2D eigenvalue weighted by atomic mass is 16.4. The Kier molecular flexibility index (Phi) is 4.87. The van der Waals surface area contributed by atoms with Gasteiger partial charge < -0.3 is 15.3 Å². The normalized spacial score (nSPS) is 20.4. The lowest BCUT2D eigenvalue weighted by molar-refractivity contribution is 0.0696. The molecule has 2 rings (SSSR count). The first kappa shape index (κ1) is 14.0. The summed E-state index contributed by atoms with van der Waals surface area (Å²) in [5.41, 5.74) is 1.11. The molecule has 104 valence electrons. The molecule has 0 spiro atoms. The van der Waals surface area contributed by atoms with Crippen LogP contribution in [0, 0.1) is 0 Å². The van der Waals surface area contributed by atoms with E-state index in [0.717, 1.165) is 12.2 Å². The zero-order valence-electron chi connectivity index (χ0n) is 11.3. The first-order valence-corrected chi connectivity index (χ1v) is 6.76. The van der Waals surface area contributed by atoms with Crippen molar-refractivity contribution in [2.45, 2.75) is 31.8 Å². The van der Waals surface area contributed by atoms with Crippen molar-refractivity contribution in [2.75, 3.05) is 20.1 Å². The Labute approximate surface area is 113 Å². The van der Waals surface area contributed by atoms with E-state index in [2.05, 4.69) is 22.2 Å². The molecule has 1 aromatic rings. The SMILES string of the molecule is CN1CCCCC1CNCc1ccc(C(=O)O)cn1. The second-order valence-corrected chi connectivity index (χ2v) is 5.10. The highest BCUT2D eigenvalue weighted by molar-refractivity contribution is 5.87. The summed E-state index contributed by atoms with van der Waals surface area (Å²) in [7, 11) is 2.17. The van der Waals surface area contributed by atoms with Crippen LogP contribution in [0.4, 0.5) is 0 Å². The minimum atomic E-state index is -0.934. The Morgan fingerprint density at radius 2 is 2.37 bits per heavy atom. The van der Waals surface area contributed by atoms with Gasteiger partial charge in [-0.25, -0.2) is 4.79 Å². The van der Waals surface area contributed by atoms with E-state index in [-0.39, 0.29) is 5.56 Å². The summed E-state index contributed by atoms with van der Waals surface area (Å²) < 4.78 is 0. The number of pyridine rings is 1. The zero-order chi connectivity index (χ0) is 13.7. The Morgan fingerprint density at radius 1 is 1.53 bits per heavy atom. The van der Waals surface area contributed by atoms with Crippen molar-refractivity contribution in [3.05, 3.63) is 29.6 Å². The number of likely N-dealkylation sites (tertiary alicyclic amines) is 1. The van der Waals surface area contributed by atoms with Gasteiger partial charge in [0.15, 0.2) is 0 Å². The number of piperidine rings is 1. The third-order valence-electron chi connectivity index (χ3n) is 3.68. The summed E-state index contributed by atoms with van der Waals surface area (Å²) in [4.78, 5) is 17.3. The topological polar surface area (TPSA) is 65.5 Å².